The summed E-state index contributed by atoms with van der Waals surface area (Å²) in [5.41, 5.74) is 2.42. The van der Waals surface area contributed by atoms with Crippen LogP contribution in [0.15, 0.2) is 46.0 Å². The number of hydrogen-bond acceptors (Lipinski definition) is 4. The number of benzene rings is 1. The Morgan fingerprint density at radius 2 is 2.10 bits per heavy atom. The highest BCUT2D eigenvalue weighted by molar-refractivity contribution is 9.10. The molecule has 20 heavy (non-hydrogen) atoms. The summed E-state index contributed by atoms with van der Waals surface area (Å²) in [6.45, 7) is 1.95. The van der Waals surface area contributed by atoms with Crippen LogP contribution < -0.4 is 10.2 Å². The molecule has 2 rings (SSSR count). The Labute approximate surface area is 129 Å². The van der Waals surface area contributed by atoms with Gasteiger partial charge in [0.25, 0.3) is 5.91 Å². The molecule has 0 aliphatic rings. The molecule has 0 fully saturated rings. The highest BCUT2D eigenvalue weighted by Crippen LogP contribution is 2.15. The second kappa shape index (κ2) is 7.21. The molecule has 0 aliphatic heterocycles. The number of hydrogen-bond donors (Lipinski definition) is 1. The molecular weight excluding hydrogens is 340 g/mol. The Bertz CT molecular complexity index is 608. The Morgan fingerprint density at radius 3 is 2.75 bits per heavy atom. The van der Waals surface area contributed by atoms with Gasteiger partial charge in [-0.1, -0.05) is 15.9 Å². The Morgan fingerprint density at radius 1 is 1.35 bits per heavy atom. The van der Waals surface area contributed by atoms with Gasteiger partial charge < -0.3 is 4.74 Å². The number of hydrazone groups is 1. The molecule has 0 spiro atoms. The Kier molecular flexibility index (Phi) is 5.31. The van der Waals surface area contributed by atoms with Gasteiger partial charge in [-0.25, -0.2) is 5.43 Å². The standard InChI is InChI=1S/C14H13BrN2O2S/c1-10-2-7-13(20-10)8-16-17-14(18)9-19-12-5-3-11(15)4-6-12/h2-8H,9H2,1H3,(H,17,18). The topological polar surface area (TPSA) is 50.7 Å². The van der Waals surface area contributed by atoms with Gasteiger partial charge in [0.05, 0.1) is 6.21 Å². The van der Waals surface area contributed by atoms with Crippen molar-refractivity contribution < 1.29 is 9.53 Å². The maximum atomic E-state index is 11.5. The molecule has 1 heterocycles. The fourth-order valence-electron chi connectivity index (χ4n) is 1.40. The van der Waals surface area contributed by atoms with Crippen LogP contribution in [0.4, 0.5) is 0 Å². The zero-order chi connectivity index (χ0) is 14.4. The van der Waals surface area contributed by atoms with Crippen molar-refractivity contribution in [3.05, 3.63) is 50.6 Å². The molecular formula is C14H13BrN2O2S. The number of nitrogens with zero attached hydrogens (tertiary/aromatic N) is 1. The average Bonchev–Trinajstić information content (AvgIpc) is 2.84. The third-order valence-corrected chi connectivity index (χ3v) is 3.79. The van der Waals surface area contributed by atoms with Crippen molar-refractivity contribution in [2.45, 2.75) is 6.92 Å². The zero-order valence-corrected chi connectivity index (χ0v) is 13.2. The Hall–Kier alpha value is -1.66. The van der Waals surface area contributed by atoms with Crippen LogP contribution in [0.2, 0.25) is 0 Å². The van der Waals surface area contributed by atoms with Gasteiger partial charge >= 0.3 is 0 Å². The molecule has 1 aromatic carbocycles. The van der Waals surface area contributed by atoms with Gasteiger partial charge in [-0.15, -0.1) is 11.3 Å². The summed E-state index contributed by atoms with van der Waals surface area (Å²) in [6.07, 6.45) is 1.62. The first kappa shape index (κ1) is 14.7. The van der Waals surface area contributed by atoms with E-state index in [1.807, 2.05) is 31.2 Å². The van der Waals surface area contributed by atoms with Crippen LogP contribution >= 0.6 is 27.3 Å². The van der Waals surface area contributed by atoms with Crippen LogP contribution in [0, 0.1) is 6.92 Å². The minimum atomic E-state index is -0.294. The molecule has 0 atom stereocenters. The van der Waals surface area contributed by atoms with Crippen molar-refractivity contribution in [1.82, 2.24) is 5.43 Å². The maximum Gasteiger partial charge on any atom is 0.277 e. The number of ether oxygens (including phenoxy) is 1. The lowest BCUT2D eigenvalue weighted by Gasteiger charge is -2.04. The van der Waals surface area contributed by atoms with Crippen LogP contribution in [-0.2, 0) is 4.79 Å². The molecule has 6 heteroatoms. The van der Waals surface area contributed by atoms with Crippen LogP contribution in [0.5, 0.6) is 5.75 Å². The monoisotopic (exact) mass is 352 g/mol. The number of rotatable bonds is 5. The highest BCUT2D eigenvalue weighted by atomic mass is 79.9. The van der Waals surface area contributed by atoms with Gasteiger partial charge in [-0.2, -0.15) is 5.10 Å². The van der Waals surface area contributed by atoms with Gasteiger partial charge in [0.2, 0.25) is 0 Å². The lowest BCUT2D eigenvalue weighted by atomic mass is 10.3. The molecule has 104 valence electrons. The first-order chi connectivity index (χ1) is 9.63. The quantitative estimate of drug-likeness (QED) is 0.662. The fraction of sp³-hybridized carbons (Fsp3) is 0.143. The van der Waals surface area contributed by atoms with Crippen molar-refractivity contribution in [2.24, 2.45) is 5.10 Å². The smallest absolute Gasteiger partial charge is 0.277 e. The van der Waals surface area contributed by atoms with E-state index in [1.54, 1.807) is 29.7 Å². The minimum Gasteiger partial charge on any atom is -0.484 e. The molecule has 4 nitrogen and oxygen atoms in total. The van der Waals surface area contributed by atoms with Crippen molar-refractivity contribution in [1.29, 1.82) is 0 Å². The van der Waals surface area contributed by atoms with Crippen LogP contribution in [0.25, 0.3) is 0 Å². The SMILES string of the molecule is Cc1ccc(C=NNC(=O)COc2ccc(Br)cc2)s1. The van der Waals surface area contributed by atoms with Gasteiger partial charge in [-0.05, 0) is 43.3 Å². The predicted octanol–water partition coefficient (Wildman–Crippen LogP) is 3.35. The van der Waals surface area contributed by atoms with Crippen molar-refractivity contribution in [3.8, 4) is 5.75 Å². The van der Waals surface area contributed by atoms with E-state index in [1.165, 1.54) is 4.88 Å². The lowest BCUT2D eigenvalue weighted by molar-refractivity contribution is -0.123. The minimum absolute atomic E-state index is 0.0670. The van der Waals surface area contributed by atoms with Gasteiger partial charge in [0, 0.05) is 14.2 Å². The predicted molar refractivity (Wildman–Crippen MR) is 84.4 cm³/mol. The van der Waals surface area contributed by atoms with E-state index in [9.17, 15) is 4.79 Å². The molecule has 0 bridgehead atoms. The van der Waals surface area contributed by atoms with Crippen LogP contribution in [0.1, 0.15) is 9.75 Å². The third kappa shape index (κ3) is 4.79. The first-order valence-electron chi connectivity index (χ1n) is 5.90. The third-order valence-electron chi connectivity index (χ3n) is 2.33. The van der Waals surface area contributed by atoms with E-state index in [2.05, 4.69) is 26.5 Å². The van der Waals surface area contributed by atoms with E-state index in [0.717, 1.165) is 9.35 Å². The van der Waals surface area contributed by atoms with Crippen molar-refractivity contribution in [3.63, 3.8) is 0 Å². The molecule has 2 aromatic rings. The highest BCUT2D eigenvalue weighted by Gasteiger charge is 2.01. The molecule has 1 N–H and O–H groups in total. The summed E-state index contributed by atoms with van der Waals surface area (Å²) in [6, 6.07) is 11.2. The number of amides is 1. The van der Waals surface area contributed by atoms with Gasteiger partial charge in [0.15, 0.2) is 6.61 Å². The molecule has 0 radical (unpaired) electrons. The number of thiophene rings is 1. The maximum absolute atomic E-state index is 11.5. The first-order valence-corrected chi connectivity index (χ1v) is 7.51. The molecule has 1 amide bonds. The summed E-state index contributed by atoms with van der Waals surface area (Å²) >= 11 is 4.95. The molecule has 1 aromatic heterocycles. The largest absolute Gasteiger partial charge is 0.484 e. The fourth-order valence-corrected chi connectivity index (χ4v) is 2.42. The zero-order valence-electron chi connectivity index (χ0n) is 10.8. The summed E-state index contributed by atoms with van der Waals surface area (Å²) in [5, 5.41) is 3.88. The van der Waals surface area contributed by atoms with Crippen LogP contribution in [0.3, 0.4) is 0 Å². The number of carbonyl (C=O) groups excluding carboxylic acids is 1. The summed E-state index contributed by atoms with van der Waals surface area (Å²) in [4.78, 5) is 13.7. The van der Waals surface area contributed by atoms with Crippen molar-refractivity contribution >= 4 is 39.4 Å². The summed E-state index contributed by atoms with van der Waals surface area (Å²) in [5.74, 6) is 0.346. The van der Waals surface area contributed by atoms with E-state index < -0.39 is 0 Å². The summed E-state index contributed by atoms with van der Waals surface area (Å²) in [7, 11) is 0. The van der Waals surface area contributed by atoms with Gasteiger partial charge in [-0.3, -0.25) is 4.79 Å². The number of halogens is 1. The molecule has 0 unspecified atom stereocenters. The van der Waals surface area contributed by atoms with Gasteiger partial charge in [0.1, 0.15) is 5.75 Å². The van der Waals surface area contributed by atoms with Crippen LogP contribution in [-0.4, -0.2) is 18.7 Å². The normalized spacial score (nSPS) is 10.7. The average molecular weight is 353 g/mol. The Balaban J connectivity index is 1.75. The second-order valence-electron chi connectivity index (χ2n) is 3.98. The second-order valence-corrected chi connectivity index (χ2v) is 6.22. The van der Waals surface area contributed by atoms with E-state index in [-0.39, 0.29) is 12.5 Å². The van der Waals surface area contributed by atoms with E-state index in [0.29, 0.717) is 5.75 Å². The molecule has 0 saturated carbocycles. The van der Waals surface area contributed by atoms with Crippen molar-refractivity contribution in [2.75, 3.05) is 6.61 Å². The molecule has 0 aliphatic carbocycles. The molecule has 0 saturated heterocycles. The summed E-state index contributed by atoms with van der Waals surface area (Å²) < 4.78 is 6.29. The number of aryl methyl sites for hydroxylation is 1. The lowest BCUT2D eigenvalue weighted by Crippen LogP contribution is -2.24. The number of nitrogens with one attached hydrogen (secondary N) is 1. The van der Waals surface area contributed by atoms with E-state index >= 15 is 0 Å². The van der Waals surface area contributed by atoms with E-state index in [4.69, 9.17) is 4.74 Å². The number of carbonyl (C=O) groups is 1.